The maximum absolute atomic E-state index is 12.5. The van der Waals surface area contributed by atoms with Gasteiger partial charge in [0.25, 0.3) is 0 Å². The van der Waals surface area contributed by atoms with Crippen molar-refractivity contribution >= 4 is 23.3 Å². The lowest BCUT2D eigenvalue weighted by molar-refractivity contribution is 0.0514. The molecule has 1 atom stereocenters. The predicted octanol–water partition coefficient (Wildman–Crippen LogP) is 6.94. The Balaban J connectivity index is 1.51. The van der Waals surface area contributed by atoms with Crippen molar-refractivity contribution in [1.82, 2.24) is 10.6 Å². The molecule has 3 rings (SSSR count). The molecule has 0 saturated heterocycles. The van der Waals surface area contributed by atoms with Crippen molar-refractivity contribution < 1.29 is 14.3 Å². The zero-order chi connectivity index (χ0) is 25.1. The van der Waals surface area contributed by atoms with Crippen LogP contribution in [-0.4, -0.2) is 22.7 Å². The molecule has 190 valence electrons. The van der Waals surface area contributed by atoms with Gasteiger partial charge >= 0.3 is 6.09 Å². The first-order chi connectivity index (χ1) is 16.8. The molecule has 1 amide bonds. The van der Waals surface area contributed by atoms with Crippen LogP contribution in [-0.2, 0) is 17.9 Å². The van der Waals surface area contributed by atoms with E-state index in [4.69, 9.17) is 21.7 Å². The molecule has 0 spiro atoms. The van der Waals surface area contributed by atoms with Gasteiger partial charge in [-0.3, -0.25) is 0 Å². The number of amides is 1. The van der Waals surface area contributed by atoms with Gasteiger partial charge in [0, 0.05) is 6.54 Å². The number of thiocarbonyl (C=S) groups is 1. The lowest BCUT2D eigenvalue weighted by atomic mass is 9.85. The summed E-state index contributed by atoms with van der Waals surface area (Å²) in [4.78, 5) is 13.1. The second-order valence-corrected chi connectivity index (χ2v) is 10.9. The Labute approximate surface area is 216 Å². The van der Waals surface area contributed by atoms with Crippen LogP contribution in [0.5, 0.6) is 5.75 Å². The third-order valence-electron chi connectivity index (χ3n) is 6.23. The van der Waals surface area contributed by atoms with E-state index in [0.717, 1.165) is 35.6 Å². The summed E-state index contributed by atoms with van der Waals surface area (Å²) in [7, 11) is 0. The highest BCUT2D eigenvalue weighted by atomic mass is 32.1. The predicted molar refractivity (Wildman–Crippen MR) is 146 cm³/mol. The van der Waals surface area contributed by atoms with Crippen LogP contribution in [0.25, 0.3) is 0 Å². The van der Waals surface area contributed by atoms with Gasteiger partial charge in [0.1, 0.15) is 18.0 Å². The summed E-state index contributed by atoms with van der Waals surface area (Å²) < 4.78 is 11.4. The monoisotopic (exact) mass is 496 g/mol. The zero-order valence-electron chi connectivity index (χ0n) is 21.3. The Hall–Kier alpha value is -2.60. The number of benzene rings is 2. The summed E-state index contributed by atoms with van der Waals surface area (Å²) >= 11 is 5.72. The van der Waals surface area contributed by atoms with Gasteiger partial charge in [0.05, 0.1) is 11.0 Å². The fraction of sp³-hybridized carbons (Fsp3) is 0.517. The van der Waals surface area contributed by atoms with Gasteiger partial charge in [0.2, 0.25) is 0 Å². The molecule has 0 bridgehead atoms. The molecule has 1 aliphatic rings. The lowest BCUT2D eigenvalue weighted by Gasteiger charge is -2.27. The van der Waals surface area contributed by atoms with Crippen molar-refractivity contribution in [3.05, 3.63) is 65.7 Å². The molecule has 6 heteroatoms. The molecule has 35 heavy (non-hydrogen) atoms. The summed E-state index contributed by atoms with van der Waals surface area (Å²) in [5, 5.41) is 6.36. The van der Waals surface area contributed by atoms with Crippen LogP contribution in [0.4, 0.5) is 4.79 Å². The normalized spacial score (nSPS) is 15.2. The Morgan fingerprint density at radius 3 is 2.34 bits per heavy atom. The van der Waals surface area contributed by atoms with Gasteiger partial charge in [-0.2, -0.15) is 0 Å². The standard InChI is InChI=1S/C29H40N2O3S/c1-29(2,3)34-28(32)31-26(19-16-22-10-6-4-7-11-22)27(35)30-20-23-14-17-25(18-15-23)33-21-24-12-8-5-9-13-24/h5,8-9,12-15,17-18,22,26H,4,6-7,10-11,16,19-21H2,1-3H3,(H,30,35)(H,31,32)/t26-/m1/s1. The van der Waals surface area contributed by atoms with Gasteiger partial charge in [-0.1, -0.05) is 86.8 Å². The molecule has 0 unspecified atom stereocenters. The number of alkyl carbamates (subject to hydrolysis) is 1. The summed E-state index contributed by atoms with van der Waals surface area (Å²) in [6.45, 7) is 6.74. The Morgan fingerprint density at radius 2 is 1.69 bits per heavy atom. The summed E-state index contributed by atoms with van der Waals surface area (Å²) in [6, 6.07) is 17.9. The van der Waals surface area contributed by atoms with E-state index in [0.29, 0.717) is 18.1 Å². The molecule has 0 radical (unpaired) electrons. The quantitative estimate of drug-likeness (QED) is 0.349. The molecule has 2 aromatic carbocycles. The fourth-order valence-electron chi connectivity index (χ4n) is 4.35. The lowest BCUT2D eigenvalue weighted by Crippen LogP contribution is -2.47. The molecule has 5 nitrogen and oxygen atoms in total. The van der Waals surface area contributed by atoms with Gasteiger partial charge in [-0.15, -0.1) is 0 Å². The van der Waals surface area contributed by atoms with Gasteiger partial charge in [-0.25, -0.2) is 4.79 Å². The number of hydrogen-bond acceptors (Lipinski definition) is 4. The van der Waals surface area contributed by atoms with Crippen LogP contribution in [0.1, 0.15) is 76.8 Å². The fourth-order valence-corrected chi connectivity index (χ4v) is 4.60. The van der Waals surface area contributed by atoms with Crippen LogP contribution in [0.15, 0.2) is 54.6 Å². The van der Waals surface area contributed by atoms with Crippen molar-refractivity contribution in [3.63, 3.8) is 0 Å². The highest BCUT2D eigenvalue weighted by Gasteiger charge is 2.24. The average molecular weight is 497 g/mol. The smallest absolute Gasteiger partial charge is 0.408 e. The summed E-state index contributed by atoms with van der Waals surface area (Å²) in [6.07, 6.45) is 7.97. The molecule has 1 fully saturated rings. The first-order valence-corrected chi connectivity index (χ1v) is 13.2. The first kappa shape index (κ1) is 27.0. The largest absolute Gasteiger partial charge is 0.489 e. The van der Waals surface area contributed by atoms with E-state index in [-0.39, 0.29) is 6.04 Å². The Bertz CT molecular complexity index is 919. The van der Waals surface area contributed by atoms with Crippen molar-refractivity contribution in [3.8, 4) is 5.75 Å². The number of carbonyl (C=O) groups excluding carboxylic acids is 1. The van der Waals surface area contributed by atoms with Crippen molar-refractivity contribution in [2.45, 2.75) is 90.5 Å². The molecule has 2 N–H and O–H groups in total. The van der Waals surface area contributed by atoms with E-state index < -0.39 is 11.7 Å². The van der Waals surface area contributed by atoms with Crippen LogP contribution in [0.2, 0.25) is 0 Å². The second-order valence-electron chi connectivity index (χ2n) is 10.4. The number of rotatable bonds is 10. The summed E-state index contributed by atoms with van der Waals surface area (Å²) in [5.74, 6) is 1.55. The van der Waals surface area contributed by atoms with Gasteiger partial charge in [-0.05, 0) is 62.8 Å². The van der Waals surface area contributed by atoms with E-state index in [2.05, 4.69) is 22.8 Å². The average Bonchev–Trinajstić information content (AvgIpc) is 2.84. The molecule has 0 aromatic heterocycles. The number of carbonyl (C=O) groups is 1. The molecular formula is C29H40N2O3S. The van der Waals surface area contributed by atoms with Gasteiger partial charge < -0.3 is 20.1 Å². The maximum atomic E-state index is 12.5. The minimum absolute atomic E-state index is 0.241. The Kier molecular flexibility index (Phi) is 10.4. The highest BCUT2D eigenvalue weighted by molar-refractivity contribution is 7.80. The highest BCUT2D eigenvalue weighted by Crippen LogP contribution is 2.28. The topological polar surface area (TPSA) is 59.6 Å². The van der Waals surface area contributed by atoms with Crippen molar-refractivity contribution in [2.24, 2.45) is 5.92 Å². The molecule has 0 heterocycles. The number of nitrogens with one attached hydrogen (secondary N) is 2. The van der Waals surface area contributed by atoms with E-state index in [9.17, 15) is 4.79 Å². The van der Waals surface area contributed by atoms with Crippen LogP contribution in [0.3, 0.4) is 0 Å². The van der Waals surface area contributed by atoms with E-state index in [1.165, 1.54) is 32.1 Å². The molecular weight excluding hydrogens is 456 g/mol. The van der Waals surface area contributed by atoms with Gasteiger partial charge in [0.15, 0.2) is 0 Å². The third-order valence-corrected chi connectivity index (χ3v) is 6.66. The SMILES string of the molecule is CC(C)(C)OC(=O)N[C@H](CCC1CCCCC1)C(=S)NCc1ccc(OCc2ccccc2)cc1. The summed E-state index contributed by atoms with van der Waals surface area (Å²) in [5.41, 5.74) is 1.69. The van der Waals surface area contributed by atoms with Crippen molar-refractivity contribution in [2.75, 3.05) is 0 Å². The third kappa shape index (κ3) is 10.3. The van der Waals surface area contributed by atoms with E-state index in [1.54, 1.807) is 0 Å². The number of ether oxygens (including phenoxy) is 2. The maximum Gasteiger partial charge on any atom is 0.408 e. The molecule has 1 aliphatic carbocycles. The van der Waals surface area contributed by atoms with Crippen LogP contribution < -0.4 is 15.4 Å². The van der Waals surface area contributed by atoms with Crippen LogP contribution >= 0.6 is 12.2 Å². The van der Waals surface area contributed by atoms with Crippen LogP contribution in [0, 0.1) is 5.92 Å². The second kappa shape index (κ2) is 13.5. The first-order valence-electron chi connectivity index (χ1n) is 12.8. The van der Waals surface area contributed by atoms with E-state index >= 15 is 0 Å². The Morgan fingerprint density at radius 1 is 1.00 bits per heavy atom. The zero-order valence-corrected chi connectivity index (χ0v) is 22.2. The molecule has 1 saturated carbocycles. The number of hydrogen-bond donors (Lipinski definition) is 2. The van der Waals surface area contributed by atoms with E-state index in [1.807, 2.05) is 63.2 Å². The van der Waals surface area contributed by atoms with Crippen molar-refractivity contribution in [1.29, 1.82) is 0 Å². The molecule has 0 aliphatic heterocycles. The minimum Gasteiger partial charge on any atom is -0.489 e. The minimum atomic E-state index is -0.544. The molecule has 2 aromatic rings.